The Morgan fingerprint density at radius 3 is 2.22 bits per heavy atom. The van der Waals surface area contributed by atoms with Gasteiger partial charge in [0.05, 0.1) is 0 Å². The minimum absolute atomic E-state index is 0.0634. The fourth-order valence-electron chi connectivity index (χ4n) is 2.50. The lowest BCUT2D eigenvalue weighted by molar-refractivity contribution is -0.186. The van der Waals surface area contributed by atoms with Crippen LogP contribution < -0.4 is 4.74 Å². The van der Waals surface area contributed by atoms with E-state index in [-0.39, 0.29) is 11.5 Å². The van der Waals surface area contributed by atoms with Gasteiger partial charge < -0.3 is 18.9 Å². The number of thioether (sulfide) groups is 1. The fraction of sp³-hybridized carbons (Fsp3) is 0.471. The van der Waals surface area contributed by atoms with E-state index in [1.165, 1.54) is 39.0 Å². The Balaban J connectivity index is 2.32. The Labute approximate surface area is 168 Å². The second-order valence-electron chi connectivity index (χ2n) is 5.69. The quantitative estimate of drug-likeness (QED) is 0.485. The van der Waals surface area contributed by atoms with Gasteiger partial charge in [0.15, 0.2) is 35.3 Å². The summed E-state index contributed by atoms with van der Waals surface area (Å²) in [7, 11) is 0. The molecule has 0 radical (unpaired) electrons. The molecule has 27 heavy (non-hydrogen) atoms. The lowest BCUT2D eigenvalue weighted by Gasteiger charge is -2.39. The molecule has 2 rings (SSSR count). The van der Waals surface area contributed by atoms with Gasteiger partial charge in [-0.05, 0) is 18.2 Å². The number of carbonyl (C=O) groups is 3. The van der Waals surface area contributed by atoms with E-state index in [1.54, 1.807) is 0 Å². The standard InChI is InChI=1S/C17H18BrFO7S/c1-8(20)23-14-7-27-17(26-13-6-11(18)4-5-12(13)19)16(25-10(3)22)15(14)24-9(2)21/h4-6,14-17H,7H2,1-3H3/t14-,15+,16-,17-/m1/s1. The molecule has 0 saturated carbocycles. The lowest BCUT2D eigenvalue weighted by Crippen LogP contribution is -2.55. The first-order valence-electron chi connectivity index (χ1n) is 7.92. The summed E-state index contributed by atoms with van der Waals surface area (Å²) < 4.78 is 36.1. The van der Waals surface area contributed by atoms with Crippen LogP contribution in [0.15, 0.2) is 22.7 Å². The van der Waals surface area contributed by atoms with Crippen LogP contribution in [0.2, 0.25) is 0 Å². The lowest BCUT2D eigenvalue weighted by atomic mass is 10.1. The van der Waals surface area contributed by atoms with E-state index < -0.39 is 47.5 Å². The Morgan fingerprint density at radius 1 is 1.04 bits per heavy atom. The Hall–Kier alpha value is -1.81. The van der Waals surface area contributed by atoms with Crippen molar-refractivity contribution in [3.05, 3.63) is 28.5 Å². The third-order valence-electron chi connectivity index (χ3n) is 3.44. The zero-order valence-electron chi connectivity index (χ0n) is 14.8. The van der Waals surface area contributed by atoms with Crippen molar-refractivity contribution in [3.63, 3.8) is 0 Å². The summed E-state index contributed by atoms with van der Waals surface area (Å²) in [5.41, 5.74) is -0.881. The number of esters is 3. The number of halogens is 2. The zero-order chi connectivity index (χ0) is 20.1. The van der Waals surface area contributed by atoms with Gasteiger partial charge >= 0.3 is 17.9 Å². The van der Waals surface area contributed by atoms with E-state index in [0.29, 0.717) is 4.47 Å². The van der Waals surface area contributed by atoms with E-state index in [0.717, 1.165) is 11.8 Å². The van der Waals surface area contributed by atoms with Gasteiger partial charge in [0.2, 0.25) is 0 Å². The molecule has 1 aliphatic rings. The van der Waals surface area contributed by atoms with E-state index in [1.807, 2.05) is 0 Å². The maximum absolute atomic E-state index is 14.1. The first-order valence-corrected chi connectivity index (χ1v) is 9.76. The zero-order valence-corrected chi connectivity index (χ0v) is 17.2. The van der Waals surface area contributed by atoms with Gasteiger partial charge in [-0.2, -0.15) is 0 Å². The van der Waals surface area contributed by atoms with Crippen LogP contribution in [0.3, 0.4) is 0 Å². The minimum Gasteiger partial charge on any atom is -0.473 e. The topological polar surface area (TPSA) is 88.1 Å². The molecular formula is C17H18BrFO7S. The largest absolute Gasteiger partial charge is 0.473 e. The molecule has 0 N–H and O–H groups in total. The van der Waals surface area contributed by atoms with Crippen LogP contribution in [0.4, 0.5) is 4.39 Å². The molecule has 148 valence electrons. The molecule has 0 aromatic heterocycles. The van der Waals surface area contributed by atoms with Crippen molar-refractivity contribution in [1.82, 2.24) is 0 Å². The number of hydrogen-bond acceptors (Lipinski definition) is 8. The van der Waals surface area contributed by atoms with Gasteiger partial charge in [0, 0.05) is 31.0 Å². The van der Waals surface area contributed by atoms with Crippen molar-refractivity contribution >= 4 is 45.6 Å². The molecule has 1 aliphatic heterocycles. The van der Waals surface area contributed by atoms with Gasteiger partial charge in [-0.15, -0.1) is 11.8 Å². The van der Waals surface area contributed by atoms with E-state index in [9.17, 15) is 18.8 Å². The Bertz CT molecular complexity index is 729. The highest BCUT2D eigenvalue weighted by Gasteiger charge is 2.47. The maximum atomic E-state index is 14.1. The van der Waals surface area contributed by atoms with Gasteiger partial charge in [-0.25, -0.2) is 4.39 Å². The fourth-order valence-corrected chi connectivity index (χ4v) is 4.05. The van der Waals surface area contributed by atoms with Crippen molar-refractivity contribution in [2.24, 2.45) is 0 Å². The summed E-state index contributed by atoms with van der Waals surface area (Å²) >= 11 is 4.39. The van der Waals surface area contributed by atoms with Crippen LogP contribution >= 0.6 is 27.7 Å². The van der Waals surface area contributed by atoms with Gasteiger partial charge in [0.25, 0.3) is 0 Å². The van der Waals surface area contributed by atoms with Gasteiger partial charge in [-0.3, -0.25) is 14.4 Å². The smallest absolute Gasteiger partial charge is 0.303 e. The summed E-state index contributed by atoms with van der Waals surface area (Å²) in [4.78, 5) is 34.5. The van der Waals surface area contributed by atoms with E-state index in [2.05, 4.69) is 15.9 Å². The normalized spacial score (nSPS) is 24.6. The molecule has 1 aromatic carbocycles. The van der Waals surface area contributed by atoms with E-state index in [4.69, 9.17) is 18.9 Å². The summed E-state index contributed by atoms with van der Waals surface area (Å²) in [6.07, 6.45) is -3.03. The van der Waals surface area contributed by atoms with Crippen LogP contribution in [0.1, 0.15) is 20.8 Å². The van der Waals surface area contributed by atoms with Crippen molar-refractivity contribution in [3.8, 4) is 5.75 Å². The number of rotatable bonds is 5. The second kappa shape index (κ2) is 9.41. The molecule has 1 saturated heterocycles. The molecule has 4 atom stereocenters. The average Bonchev–Trinajstić information content (AvgIpc) is 2.55. The second-order valence-corrected chi connectivity index (χ2v) is 7.74. The number of hydrogen-bond donors (Lipinski definition) is 0. The highest BCUT2D eigenvalue weighted by Crippen LogP contribution is 2.35. The van der Waals surface area contributed by atoms with Crippen LogP contribution in [-0.2, 0) is 28.6 Å². The van der Waals surface area contributed by atoms with Crippen molar-refractivity contribution in [1.29, 1.82) is 0 Å². The first-order chi connectivity index (χ1) is 12.7. The molecule has 0 spiro atoms. The predicted molar refractivity (Wildman–Crippen MR) is 97.6 cm³/mol. The molecule has 0 amide bonds. The molecule has 0 unspecified atom stereocenters. The maximum Gasteiger partial charge on any atom is 0.303 e. The summed E-state index contributed by atoms with van der Waals surface area (Å²) in [5, 5.41) is 0. The summed E-state index contributed by atoms with van der Waals surface area (Å²) in [6, 6.07) is 4.16. The van der Waals surface area contributed by atoms with Crippen LogP contribution in [0.25, 0.3) is 0 Å². The van der Waals surface area contributed by atoms with Gasteiger partial charge in [-0.1, -0.05) is 15.9 Å². The molecule has 0 bridgehead atoms. The van der Waals surface area contributed by atoms with Crippen LogP contribution in [0.5, 0.6) is 5.75 Å². The van der Waals surface area contributed by atoms with Gasteiger partial charge in [0.1, 0.15) is 0 Å². The summed E-state index contributed by atoms with van der Waals surface area (Å²) in [6.45, 7) is 3.58. The SMILES string of the molecule is CC(=O)O[C@@H]1[C@@H](OC(C)=O)[C@H](OC(C)=O)CS[C@H]1Oc1cc(Br)ccc1F. The third-order valence-corrected chi connectivity index (χ3v) is 5.15. The molecule has 1 fully saturated rings. The molecule has 7 nitrogen and oxygen atoms in total. The Kier molecular flexibility index (Phi) is 7.49. The predicted octanol–water partition coefficient (Wildman–Crippen LogP) is 2.84. The molecule has 1 heterocycles. The molecular weight excluding hydrogens is 447 g/mol. The summed E-state index contributed by atoms with van der Waals surface area (Å²) in [5.74, 6) is -2.33. The third kappa shape index (κ3) is 6.10. The monoisotopic (exact) mass is 464 g/mol. The number of carbonyl (C=O) groups excluding carboxylic acids is 3. The molecule has 0 aliphatic carbocycles. The van der Waals surface area contributed by atoms with Crippen molar-refractivity contribution in [2.45, 2.75) is 44.5 Å². The molecule has 1 aromatic rings. The molecule has 10 heteroatoms. The number of benzene rings is 1. The highest BCUT2D eigenvalue weighted by molar-refractivity contribution is 9.10. The highest BCUT2D eigenvalue weighted by atomic mass is 79.9. The van der Waals surface area contributed by atoms with Crippen LogP contribution in [-0.4, -0.2) is 47.4 Å². The number of ether oxygens (including phenoxy) is 4. The van der Waals surface area contributed by atoms with Crippen molar-refractivity contribution < 1.29 is 37.7 Å². The minimum atomic E-state index is -1.10. The Morgan fingerprint density at radius 2 is 1.63 bits per heavy atom. The average molecular weight is 465 g/mol. The van der Waals surface area contributed by atoms with Crippen LogP contribution in [0, 0.1) is 5.82 Å². The van der Waals surface area contributed by atoms with Crippen molar-refractivity contribution in [2.75, 3.05) is 5.75 Å². The first kappa shape index (κ1) is 21.5. The van der Waals surface area contributed by atoms with E-state index >= 15 is 0 Å².